The van der Waals surface area contributed by atoms with Crippen LogP contribution in [-0.4, -0.2) is 36.2 Å². The lowest BCUT2D eigenvalue weighted by atomic mass is 10.1. The monoisotopic (exact) mass is 264 g/mol. The van der Waals surface area contributed by atoms with Crippen molar-refractivity contribution in [3.8, 4) is 0 Å². The highest BCUT2D eigenvalue weighted by Gasteiger charge is 2.01. The van der Waals surface area contributed by atoms with Crippen LogP contribution < -0.4 is 5.32 Å². The molecule has 0 spiro atoms. The molecule has 0 heterocycles. The Morgan fingerprint density at radius 3 is 2.32 bits per heavy atom. The van der Waals surface area contributed by atoms with Gasteiger partial charge in [-0.25, -0.2) is 0 Å². The van der Waals surface area contributed by atoms with E-state index in [1.54, 1.807) is 0 Å². The van der Waals surface area contributed by atoms with Crippen molar-refractivity contribution >= 4 is 0 Å². The highest BCUT2D eigenvalue weighted by atomic mass is 16.3. The van der Waals surface area contributed by atoms with Crippen LogP contribution in [0.2, 0.25) is 0 Å². The van der Waals surface area contributed by atoms with E-state index in [4.69, 9.17) is 5.11 Å². The van der Waals surface area contributed by atoms with E-state index in [0.717, 1.165) is 18.7 Å². The second-order valence-corrected chi connectivity index (χ2v) is 5.43. The van der Waals surface area contributed by atoms with Crippen LogP contribution in [0, 0.1) is 0 Å². The fraction of sp³-hybridized carbons (Fsp3) is 0.625. The van der Waals surface area contributed by atoms with Crippen LogP contribution in [0.5, 0.6) is 0 Å². The number of aliphatic hydroxyl groups is 1. The molecule has 108 valence electrons. The van der Waals surface area contributed by atoms with E-state index in [0.29, 0.717) is 6.04 Å². The molecule has 0 radical (unpaired) electrons. The SMILES string of the molecule is CC(C)N(C)CCCCNCc1ccc(CO)cc1. The topological polar surface area (TPSA) is 35.5 Å². The summed E-state index contributed by atoms with van der Waals surface area (Å²) < 4.78 is 0. The Morgan fingerprint density at radius 1 is 1.11 bits per heavy atom. The van der Waals surface area contributed by atoms with Crippen LogP contribution in [-0.2, 0) is 13.2 Å². The van der Waals surface area contributed by atoms with Gasteiger partial charge in [-0.15, -0.1) is 0 Å². The van der Waals surface area contributed by atoms with Crippen molar-refractivity contribution in [2.45, 2.75) is 45.9 Å². The minimum atomic E-state index is 0.122. The van der Waals surface area contributed by atoms with Crippen LogP contribution in [0.25, 0.3) is 0 Å². The van der Waals surface area contributed by atoms with Gasteiger partial charge in [-0.2, -0.15) is 0 Å². The maximum atomic E-state index is 8.97. The number of nitrogens with one attached hydrogen (secondary N) is 1. The number of hydrogen-bond acceptors (Lipinski definition) is 3. The first-order valence-corrected chi connectivity index (χ1v) is 7.23. The molecule has 2 N–H and O–H groups in total. The Hall–Kier alpha value is -0.900. The summed E-state index contributed by atoms with van der Waals surface area (Å²) >= 11 is 0. The molecule has 0 aliphatic heterocycles. The number of hydrogen-bond donors (Lipinski definition) is 2. The van der Waals surface area contributed by atoms with E-state index >= 15 is 0 Å². The maximum absolute atomic E-state index is 8.97. The summed E-state index contributed by atoms with van der Waals surface area (Å²) in [4.78, 5) is 2.38. The molecular weight excluding hydrogens is 236 g/mol. The molecule has 0 saturated carbocycles. The molecular formula is C16H28N2O. The third kappa shape index (κ3) is 6.71. The van der Waals surface area contributed by atoms with Crippen LogP contribution in [0.15, 0.2) is 24.3 Å². The summed E-state index contributed by atoms with van der Waals surface area (Å²) in [5.74, 6) is 0. The highest BCUT2D eigenvalue weighted by Crippen LogP contribution is 2.04. The second-order valence-electron chi connectivity index (χ2n) is 5.43. The number of benzene rings is 1. The molecule has 0 amide bonds. The van der Waals surface area contributed by atoms with Crippen molar-refractivity contribution in [1.82, 2.24) is 10.2 Å². The molecule has 0 saturated heterocycles. The zero-order chi connectivity index (χ0) is 14.1. The fourth-order valence-electron chi connectivity index (χ4n) is 1.86. The van der Waals surface area contributed by atoms with Crippen molar-refractivity contribution in [2.75, 3.05) is 20.1 Å². The first-order valence-electron chi connectivity index (χ1n) is 7.23. The summed E-state index contributed by atoms with van der Waals surface area (Å²) in [6.45, 7) is 7.73. The summed E-state index contributed by atoms with van der Waals surface area (Å²) in [5.41, 5.74) is 2.25. The van der Waals surface area contributed by atoms with Gasteiger partial charge < -0.3 is 15.3 Å². The minimum absolute atomic E-state index is 0.122. The molecule has 19 heavy (non-hydrogen) atoms. The van der Waals surface area contributed by atoms with Crippen molar-refractivity contribution in [1.29, 1.82) is 0 Å². The predicted octanol–water partition coefficient (Wildman–Crippen LogP) is 2.39. The first kappa shape index (κ1) is 16.2. The summed E-state index contributed by atoms with van der Waals surface area (Å²) in [7, 11) is 2.18. The fourth-order valence-corrected chi connectivity index (χ4v) is 1.86. The van der Waals surface area contributed by atoms with E-state index in [1.807, 2.05) is 12.1 Å². The highest BCUT2D eigenvalue weighted by molar-refractivity contribution is 5.21. The average Bonchev–Trinajstić information content (AvgIpc) is 2.42. The summed E-state index contributed by atoms with van der Waals surface area (Å²) in [5, 5.41) is 12.4. The smallest absolute Gasteiger partial charge is 0.0681 e. The Kier molecular flexibility index (Phi) is 7.72. The number of rotatable bonds is 9. The molecule has 3 heteroatoms. The van der Waals surface area contributed by atoms with Crippen molar-refractivity contribution in [2.24, 2.45) is 0 Å². The zero-order valence-corrected chi connectivity index (χ0v) is 12.5. The van der Waals surface area contributed by atoms with Crippen LogP contribution in [0.1, 0.15) is 37.8 Å². The summed E-state index contributed by atoms with van der Waals surface area (Å²) in [6.07, 6.45) is 2.46. The van der Waals surface area contributed by atoms with Crippen molar-refractivity contribution < 1.29 is 5.11 Å². The Bertz CT molecular complexity index is 335. The van der Waals surface area contributed by atoms with Gasteiger partial charge in [0.15, 0.2) is 0 Å². The molecule has 0 unspecified atom stereocenters. The first-order chi connectivity index (χ1) is 9.13. The lowest BCUT2D eigenvalue weighted by Gasteiger charge is -2.20. The molecule has 0 aromatic heterocycles. The van der Waals surface area contributed by atoms with Gasteiger partial charge in [0, 0.05) is 12.6 Å². The van der Waals surface area contributed by atoms with Gasteiger partial charge in [0.1, 0.15) is 0 Å². The van der Waals surface area contributed by atoms with Gasteiger partial charge in [-0.3, -0.25) is 0 Å². The normalized spacial score (nSPS) is 11.5. The van der Waals surface area contributed by atoms with Crippen LogP contribution in [0.3, 0.4) is 0 Å². The van der Waals surface area contributed by atoms with Gasteiger partial charge >= 0.3 is 0 Å². The second kappa shape index (κ2) is 9.08. The largest absolute Gasteiger partial charge is 0.392 e. The van der Waals surface area contributed by atoms with Gasteiger partial charge in [0.25, 0.3) is 0 Å². The maximum Gasteiger partial charge on any atom is 0.0681 e. The third-order valence-electron chi connectivity index (χ3n) is 3.53. The van der Waals surface area contributed by atoms with E-state index < -0.39 is 0 Å². The predicted molar refractivity (Wildman–Crippen MR) is 81.1 cm³/mol. The summed E-state index contributed by atoms with van der Waals surface area (Å²) in [6, 6.07) is 8.75. The van der Waals surface area contributed by atoms with E-state index in [1.165, 1.54) is 24.9 Å². The van der Waals surface area contributed by atoms with E-state index in [9.17, 15) is 0 Å². The molecule has 0 aliphatic rings. The molecule has 0 aliphatic carbocycles. The number of unbranched alkanes of at least 4 members (excludes halogenated alkanes) is 1. The molecule has 1 aromatic rings. The average molecular weight is 264 g/mol. The Morgan fingerprint density at radius 2 is 1.74 bits per heavy atom. The lowest BCUT2D eigenvalue weighted by Crippen LogP contribution is -2.27. The lowest BCUT2D eigenvalue weighted by molar-refractivity contribution is 0.268. The molecule has 3 nitrogen and oxygen atoms in total. The quantitative estimate of drug-likeness (QED) is 0.672. The minimum Gasteiger partial charge on any atom is -0.392 e. The zero-order valence-electron chi connectivity index (χ0n) is 12.5. The number of aliphatic hydroxyl groups excluding tert-OH is 1. The van der Waals surface area contributed by atoms with Crippen LogP contribution in [0.4, 0.5) is 0 Å². The standard InChI is InChI=1S/C16H28N2O/c1-14(2)18(3)11-5-4-10-17-12-15-6-8-16(13-19)9-7-15/h6-9,14,17,19H,4-5,10-13H2,1-3H3. The molecule has 0 atom stereocenters. The molecule has 1 aromatic carbocycles. The Balaban J connectivity index is 2.07. The number of nitrogens with zero attached hydrogens (tertiary/aromatic N) is 1. The Labute approximate surface area is 117 Å². The van der Waals surface area contributed by atoms with Gasteiger partial charge in [0.05, 0.1) is 6.61 Å². The van der Waals surface area contributed by atoms with Gasteiger partial charge in [-0.1, -0.05) is 24.3 Å². The molecule has 1 rings (SSSR count). The van der Waals surface area contributed by atoms with E-state index in [2.05, 4.69) is 43.2 Å². The van der Waals surface area contributed by atoms with Gasteiger partial charge in [0.2, 0.25) is 0 Å². The van der Waals surface area contributed by atoms with Gasteiger partial charge in [-0.05, 0) is 58.0 Å². The van der Waals surface area contributed by atoms with Crippen molar-refractivity contribution in [3.05, 3.63) is 35.4 Å². The van der Waals surface area contributed by atoms with E-state index in [-0.39, 0.29) is 6.61 Å². The van der Waals surface area contributed by atoms with Crippen molar-refractivity contribution in [3.63, 3.8) is 0 Å². The molecule has 0 fully saturated rings. The molecule has 0 bridgehead atoms. The van der Waals surface area contributed by atoms with Crippen LogP contribution >= 0.6 is 0 Å². The third-order valence-corrected chi connectivity index (χ3v) is 3.53.